The number of aryl methyl sites for hydroxylation is 1. The Morgan fingerprint density at radius 1 is 1.50 bits per heavy atom. The summed E-state index contributed by atoms with van der Waals surface area (Å²) in [6, 6.07) is 5.27. The molecule has 1 aromatic heterocycles. The van der Waals surface area contributed by atoms with Gasteiger partial charge in [-0.25, -0.2) is 0 Å². The Hall–Kier alpha value is -1.60. The summed E-state index contributed by atoms with van der Waals surface area (Å²) in [7, 11) is 0. The van der Waals surface area contributed by atoms with Crippen molar-refractivity contribution < 1.29 is 9.90 Å². The molecule has 0 radical (unpaired) electrons. The van der Waals surface area contributed by atoms with Crippen molar-refractivity contribution in [3.05, 3.63) is 33.2 Å². The number of ketones is 1. The number of nitriles is 1. The Kier molecular flexibility index (Phi) is 3.86. The fraction of sp³-hybridized carbons (Fsp3) is 0.333. The molecule has 3 nitrogen and oxygen atoms in total. The van der Waals surface area contributed by atoms with Gasteiger partial charge in [-0.15, -0.1) is 11.3 Å². The molecule has 0 fully saturated rings. The lowest BCUT2D eigenvalue weighted by Crippen LogP contribution is -2.07. The molecule has 1 aromatic rings. The molecule has 0 saturated heterocycles. The predicted molar refractivity (Wildman–Crippen MR) is 63.5 cm³/mol. The number of nitrogens with zero attached hydrogens (tertiary/aromatic N) is 1. The molecule has 1 heterocycles. The number of carbonyl (C=O) groups excluding carboxylic acids is 1. The molecule has 0 bridgehead atoms. The van der Waals surface area contributed by atoms with E-state index in [9.17, 15) is 9.90 Å². The second-order valence-corrected chi connectivity index (χ2v) is 5.05. The van der Waals surface area contributed by atoms with Crippen LogP contribution in [-0.4, -0.2) is 10.9 Å². The van der Waals surface area contributed by atoms with Crippen molar-refractivity contribution in [2.75, 3.05) is 0 Å². The Labute approximate surface area is 98.7 Å². The van der Waals surface area contributed by atoms with Gasteiger partial charge in [-0.05, 0) is 19.1 Å². The smallest absolute Gasteiger partial charge is 0.216 e. The molecule has 4 heteroatoms. The Morgan fingerprint density at radius 2 is 2.12 bits per heavy atom. The predicted octanol–water partition coefficient (Wildman–Crippen LogP) is 3.23. The minimum absolute atomic E-state index is 0.140. The molecule has 16 heavy (non-hydrogen) atoms. The lowest BCUT2D eigenvalue weighted by atomic mass is 10.0. The number of carbonyl (C=O) groups is 1. The van der Waals surface area contributed by atoms with Gasteiger partial charge in [-0.1, -0.05) is 13.8 Å². The summed E-state index contributed by atoms with van der Waals surface area (Å²) in [5, 5.41) is 18.6. The number of thiophene rings is 1. The summed E-state index contributed by atoms with van der Waals surface area (Å²) in [5.74, 6) is -0.759. The number of hydrogen-bond donors (Lipinski definition) is 1. The van der Waals surface area contributed by atoms with Crippen molar-refractivity contribution in [3.8, 4) is 6.07 Å². The highest BCUT2D eigenvalue weighted by Gasteiger charge is 2.19. The first-order chi connectivity index (χ1) is 7.47. The monoisotopic (exact) mass is 235 g/mol. The third kappa shape index (κ3) is 2.50. The van der Waals surface area contributed by atoms with Crippen LogP contribution >= 0.6 is 11.3 Å². The van der Waals surface area contributed by atoms with E-state index in [-0.39, 0.29) is 17.3 Å². The highest BCUT2D eigenvalue weighted by atomic mass is 32.1. The van der Waals surface area contributed by atoms with Crippen LogP contribution < -0.4 is 0 Å². The highest BCUT2D eigenvalue weighted by Crippen LogP contribution is 2.21. The van der Waals surface area contributed by atoms with E-state index in [2.05, 4.69) is 0 Å². The van der Waals surface area contributed by atoms with Gasteiger partial charge in [0.2, 0.25) is 5.78 Å². The molecule has 0 amide bonds. The zero-order chi connectivity index (χ0) is 12.3. The number of aliphatic hydroxyl groups excluding tert-OH is 1. The Balaban J connectivity index is 3.14. The Morgan fingerprint density at radius 3 is 2.50 bits per heavy atom. The number of aliphatic hydroxyl groups is 1. The largest absolute Gasteiger partial charge is 0.511 e. The summed E-state index contributed by atoms with van der Waals surface area (Å²) in [6.07, 6.45) is 0. The van der Waals surface area contributed by atoms with E-state index in [4.69, 9.17) is 5.26 Å². The first-order valence-corrected chi connectivity index (χ1v) is 5.73. The summed E-state index contributed by atoms with van der Waals surface area (Å²) in [4.78, 5) is 13.4. The molecule has 0 atom stereocenters. The van der Waals surface area contributed by atoms with Crippen molar-refractivity contribution in [1.82, 2.24) is 0 Å². The molecular weight excluding hydrogens is 222 g/mol. The zero-order valence-electron chi connectivity index (χ0n) is 9.44. The molecular formula is C12H13NO2S. The molecule has 0 spiro atoms. The lowest BCUT2D eigenvalue weighted by molar-refractivity contribution is 0.103. The molecule has 84 valence electrons. The quantitative estimate of drug-likeness (QED) is 0.378. The minimum Gasteiger partial charge on any atom is -0.511 e. The molecule has 1 rings (SSSR count). The van der Waals surface area contributed by atoms with E-state index in [0.29, 0.717) is 4.88 Å². The van der Waals surface area contributed by atoms with Gasteiger partial charge in [0.1, 0.15) is 17.4 Å². The second kappa shape index (κ2) is 4.95. The van der Waals surface area contributed by atoms with Crippen LogP contribution in [0.5, 0.6) is 0 Å². The maximum absolute atomic E-state index is 11.9. The first kappa shape index (κ1) is 12.5. The maximum Gasteiger partial charge on any atom is 0.216 e. The fourth-order valence-corrected chi connectivity index (χ4v) is 2.01. The maximum atomic E-state index is 11.9. The number of hydrogen-bond acceptors (Lipinski definition) is 4. The summed E-state index contributed by atoms with van der Waals surface area (Å²) >= 11 is 1.32. The Bertz CT molecular complexity index is 477. The van der Waals surface area contributed by atoms with Crippen LogP contribution in [0.25, 0.3) is 0 Å². The fourth-order valence-electron chi connectivity index (χ4n) is 1.19. The molecule has 0 aliphatic carbocycles. The molecule has 1 N–H and O–H groups in total. The first-order valence-electron chi connectivity index (χ1n) is 4.91. The SMILES string of the molecule is Cc1ccc(C(=O)/C(C#N)=C(\O)C(C)C)s1. The average molecular weight is 235 g/mol. The van der Waals surface area contributed by atoms with E-state index in [1.807, 2.05) is 13.0 Å². The number of allylic oxidation sites excluding steroid dienone is 2. The van der Waals surface area contributed by atoms with Crippen LogP contribution in [0.3, 0.4) is 0 Å². The van der Waals surface area contributed by atoms with Crippen molar-refractivity contribution in [1.29, 1.82) is 5.26 Å². The second-order valence-electron chi connectivity index (χ2n) is 3.77. The van der Waals surface area contributed by atoms with Crippen LogP contribution in [0.15, 0.2) is 23.5 Å². The zero-order valence-corrected chi connectivity index (χ0v) is 10.3. The molecule has 0 unspecified atom stereocenters. The molecule has 0 saturated carbocycles. The van der Waals surface area contributed by atoms with Gasteiger partial charge in [0.25, 0.3) is 0 Å². The van der Waals surface area contributed by atoms with E-state index in [1.165, 1.54) is 11.3 Å². The average Bonchev–Trinajstić information content (AvgIpc) is 2.65. The van der Waals surface area contributed by atoms with Crippen molar-refractivity contribution in [3.63, 3.8) is 0 Å². The summed E-state index contributed by atoms with van der Waals surface area (Å²) < 4.78 is 0. The van der Waals surface area contributed by atoms with Crippen molar-refractivity contribution in [2.24, 2.45) is 5.92 Å². The molecule has 0 aliphatic heterocycles. The number of rotatable bonds is 3. The van der Waals surface area contributed by atoms with Crippen LogP contribution in [0, 0.1) is 24.2 Å². The van der Waals surface area contributed by atoms with Gasteiger partial charge >= 0.3 is 0 Å². The summed E-state index contributed by atoms with van der Waals surface area (Å²) in [5.41, 5.74) is -0.156. The van der Waals surface area contributed by atoms with E-state index >= 15 is 0 Å². The molecule has 0 aliphatic rings. The normalized spacial score (nSPS) is 12.2. The van der Waals surface area contributed by atoms with Gasteiger partial charge in [-0.3, -0.25) is 4.79 Å². The van der Waals surface area contributed by atoms with Crippen LogP contribution in [0.2, 0.25) is 0 Å². The third-order valence-corrected chi connectivity index (χ3v) is 3.11. The van der Waals surface area contributed by atoms with Crippen LogP contribution in [-0.2, 0) is 0 Å². The van der Waals surface area contributed by atoms with Gasteiger partial charge in [0.05, 0.1) is 4.88 Å². The third-order valence-electron chi connectivity index (χ3n) is 2.11. The van der Waals surface area contributed by atoms with Crippen LogP contribution in [0.1, 0.15) is 28.4 Å². The van der Waals surface area contributed by atoms with E-state index in [0.717, 1.165) is 4.88 Å². The topological polar surface area (TPSA) is 61.1 Å². The highest BCUT2D eigenvalue weighted by molar-refractivity contribution is 7.14. The van der Waals surface area contributed by atoms with Gasteiger partial charge < -0.3 is 5.11 Å². The van der Waals surface area contributed by atoms with Crippen molar-refractivity contribution >= 4 is 17.1 Å². The standard InChI is InChI=1S/C12H13NO2S/c1-7(2)11(14)9(6-13)12(15)10-5-4-8(3)16-10/h4-5,7,14H,1-3H3/b11-9-. The van der Waals surface area contributed by atoms with E-state index in [1.54, 1.807) is 26.0 Å². The van der Waals surface area contributed by atoms with Gasteiger partial charge in [0, 0.05) is 10.8 Å². The summed E-state index contributed by atoms with van der Waals surface area (Å²) in [6.45, 7) is 5.36. The van der Waals surface area contributed by atoms with Gasteiger partial charge in [-0.2, -0.15) is 5.26 Å². The van der Waals surface area contributed by atoms with E-state index < -0.39 is 5.78 Å². The minimum atomic E-state index is -0.396. The molecule has 0 aromatic carbocycles. The van der Waals surface area contributed by atoms with Gasteiger partial charge in [0.15, 0.2) is 0 Å². The van der Waals surface area contributed by atoms with Crippen molar-refractivity contribution in [2.45, 2.75) is 20.8 Å². The lowest BCUT2D eigenvalue weighted by Gasteiger charge is -2.05. The number of Topliss-reactive ketones (excluding diaryl/α,β-unsaturated/α-hetero) is 1. The van der Waals surface area contributed by atoms with Crippen LogP contribution in [0.4, 0.5) is 0 Å².